The predicted octanol–water partition coefficient (Wildman–Crippen LogP) is 1.60. The minimum absolute atomic E-state index is 0.139. The van der Waals surface area contributed by atoms with Gasteiger partial charge in [0.25, 0.3) is 0 Å². The highest BCUT2D eigenvalue weighted by Crippen LogP contribution is 2.31. The van der Waals surface area contributed by atoms with Gasteiger partial charge in [0.05, 0.1) is 26.5 Å². The third kappa shape index (κ3) is 4.41. The molecular weight excluding hydrogens is 352 g/mol. The number of nitrogens with one attached hydrogen (secondary N) is 2. The van der Waals surface area contributed by atoms with Crippen molar-refractivity contribution in [2.75, 3.05) is 32.7 Å². The molecule has 1 aliphatic rings. The second-order valence-corrected chi connectivity index (χ2v) is 5.73. The number of hydrogen-bond donors (Lipinski definition) is 2. The smallest absolute Gasteiger partial charge is 0.313 e. The Balaban J connectivity index is 1.54. The molecule has 8 nitrogen and oxygen atoms in total. The van der Waals surface area contributed by atoms with Crippen LogP contribution in [0.4, 0.5) is 5.69 Å². The number of carbonyl (C=O) groups excluding carboxylic acids is 2. The molecule has 2 N–H and O–H groups in total. The van der Waals surface area contributed by atoms with E-state index in [0.717, 1.165) is 0 Å². The van der Waals surface area contributed by atoms with Gasteiger partial charge in [0.15, 0.2) is 11.5 Å². The van der Waals surface area contributed by atoms with Gasteiger partial charge in [0.1, 0.15) is 24.2 Å². The van der Waals surface area contributed by atoms with E-state index in [1.165, 1.54) is 14.2 Å². The van der Waals surface area contributed by atoms with E-state index in [1.54, 1.807) is 30.3 Å². The highest BCUT2D eigenvalue weighted by Gasteiger charge is 2.23. The molecule has 0 spiro atoms. The number of benzene rings is 2. The summed E-state index contributed by atoms with van der Waals surface area (Å²) >= 11 is 0. The zero-order valence-electron chi connectivity index (χ0n) is 15.0. The zero-order chi connectivity index (χ0) is 19.2. The van der Waals surface area contributed by atoms with Gasteiger partial charge in [-0.3, -0.25) is 9.59 Å². The highest BCUT2D eigenvalue weighted by molar-refractivity contribution is 6.39. The Kier molecular flexibility index (Phi) is 5.65. The number of ether oxygens (including phenoxy) is 4. The number of rotatable bonds is 5. The topological polar surface area (TPSA) is 95.1 Å². The molecule has 0 saturated heterocycles. The first-order valence-corrected chi connectivity index (χ1v) is 8.30. The first kappa shape index (κ1) is 18.4. The Labute approximate surface area is 156 Å². The second-order valence-electron chi connectivity index (χ2n) is 5.73. The van der Waals surface area contributed by atoms with E-state index >= 15 is 0 Å². The highest BCUT2D eigenvalue weighted by atomic mass is 16.6. The van der Waals surface area contributed by atoms with Crippen LogP contribution in [0, 0.1) is 0 Å². The fourth-order valence-corrected chi connectivity index (χ4v) is 2.53. The number of para-hydroxylation sites is 2. The van der Waals surface area contributed by atoms with Crippen molar-refractivity contribution in [1.82, 2.24) is 5.32 Å². The summed E-state index contributed by atoms with van der Waals surface area (Å²) in [7, 11) is 2.98. The van der Waals surface area contributed by atoms with Gasteiger partial charge in [-0.1, -0.05) is 12.1 Å². The van der Waals surface area contributed by atoms with E-state index in [-0.39, 0.29) is 19.3 Å². The molecule has 0 aliphatic carbocycles. The fourth-order valence-electron chi connectivity index (χ4n) is 2.53. The number of amides is 2. The van der Waals surface area contributed by atoms with Crippen LogP contribution in [-0.2, 0) is 9.59 Å². The number of fused-ring (bicyclic) bond motifs is 1. The Morgan fingerprint density at radius 2 is 1.85 bits per heavy atom. The number of methoxy groups -OCH3 is 2. The lowest BCUT2D eigenvalue weighted by atomic mass is 10.2. The van der Waals surface area contributed by atoms with Crippen molar-refractivity contribution < 1.29 is 28.5 Å². The summed E-state index contributed by atoms with van der Waals surface area (Å²) in [4.78, 5) is 24.2. The summed E-state index contributed by atoms with van der Waals surface area (Å²) in [5, 5.41) is 5.05. The molecule has 142 valence electrons. The quantitative estimate of drug-likeness (QED) is 0.774. The van der Waals surface area contributed by atoms with Crippen LogP contribution in [0.15, 0.2) is 42.5 Å². The van der Waals surface area contributed by atoms with E-state index in [2.05, 4.69) is 10.6 Å². The van der Waals surface area contributed by atoms with Crippen molar-refractivity contribution in [3.63, 3.8) is 0 Å². The van der Waals surface area contributed by atoms with Crippen LogP contribution in [0.3, 0.4) is 0 Å². The molecule has 0 fully saturated rings. The minimum atomic E-state index is -0.810. The third-order valence-electron chi connectivity index (χ3n) is 3.92. The molecule has 2 aromatic carbocycles. The Bertz CT molecular complexity index is 839. The molecule has 3 rings (SSSR count). The Hall–Kier alpha value is -3.42. The molecule has 2 amide bonds. The van der Waals surface area contributed by atoms with Crippen molar-refractivity contribution in [3.8, 4) is 23.0 Å². The van der Waals surface area contributed by atoms with Gasteiger partial charge in [-0.05, 0) is 24.3 Å². The van der Waals surface area contributed by atoms with Crippen LogP contribution in [-0.4, -0.2) is 45.3 Å². The van der Waals surface area contributed by atoms with Gasteiger partial charge in [-0.15, -0.1) is 0 Å². The van der Waals surface area contributed by atoms with Crippen LogP contribution >= 0.6 is 0 Å². The van der Waals surface area contributed by atoms with Crippen LogP contribution in [0.5, 0.6) is 23.0 Å². The normalized spacial score (nSPS) is 14.8. The van der Waals surface area contributed by atoms with Crippen molar-refractivity contribution in [2.24, 2.45) is 0 Å². The molecule has 0 radical (unpaired) electrons. The molecule has 2 aromatic rings. The van der Waals surface area contributed by atoms with Gasteiger partial charge in [-0.2, -0.15) is 0 Å². The Morgan fingerprint density at radius 1 is 1.07 bits per heavy atom. The van der Waals surface area contributed by atoms with E-state index < -0.39 is 11.8 Å². The molecular formula is C19H20N2O6. The van der Waals surface area contributed by atoms with Crippen molar-refractivity contribution in [3.05, 3.63) is 42.5 Å². The van der Waals surface area contributed by atoms with Crippen molar-refractivity contribution in [1.29, 1.82) is 0 Å². The average molecular weight is 372 g/mol. The van der Waals surface area contributed by atoms with Gasteiger partial charge < -0.3 is 29.6 Å². The molecule has 0 bridgehead atoms. The second kappa shape index (κ2) is 8.31. The minimum Gasteiger partial charge on any atom is -0.497 e. The lowest BCUT2D eigenvalue weighted by molar-refractivity contribution is -0.136. The molecule has 0 unspecified atom stereocenters. The largest absolute Gasteiger partial charge is 0.497 e. The maximum atomic E-state index is 12.1. The van der Waals surface area contributed by atoms with Crippen LogP contribution in [0.25, 0.3) is 0 Å². The van der Waals surface area contributed by atoms with Crippen LogP contribution in [0.1, 0.15) is 0 Å². The van der Waals surface area contributed by atoms with Gasteiger partial charge >= 0.3 is 11.8 Å². The standard InChI is InChI=1S/C19H20N2O6/c1-24-12-7-8-14(17(9-12)25-2)21-19(23)18(22)20-10-13-11-26-15-5-3-4-6-16(15)27-13/h3-9,13H,10-11H2,1-2H3,(H,20,22)(H,21,23)/t13-/m1/s1. The molecule has 0 saturated carbocycles. The summed E-state index contributed by atoms with van der Waals surface area (Å²) < 4.78 is 21.6. The molecule has 27 heavy (non-hydrogen) atoms. The summed E-state index contributed by atoms with van der Waals surface area (Å²) in [6.45, 7) is 0.422. The zero-order valence-corrected chi connectivity index (χ0v) is 15.0. The summed E-state index contributed by atoms with van der Waals surface area (Å²) in [5.41, 5.74) is 0.365. The number of anilines is 1. The van der Waals surface area contributed by atoms with Gasteiger partial charge in [0.2, 0.25) is 0 Å². The SMILES string of the molecule is COc1ccc(NC(=O)C(=O)NC[C@@H]2COc3ccccc3O2)c(OC)c1. The van der Waals surface area contributed by atoms with Crippen molar-refractivity contribution in [2.45, 2.75) is 6.10 Å². The van der Waals surface area contributed by atoms with Gasteiger partial charge in [-0.25, -0.2) is 0 Å². The van der Waals surface area contributed by atoms with E-state index in [0.29, 0.717) is 28.7 Å². The summed E-state index contributed by atoms with van der Waals surface area (Å²) in [6.07, 6.45) is -0.382. The van der Waals surface area contributed by atoms with Crippen molar-refractivity contribution >= 4 is 17.5 Å². The lowest BCUT2D eigenvalue weighted by Gasteiger charge is -2.26. The fraction of sp³-hybridized carbons (Fsp3) is 0.263. The van der Waals surface area contributed by atoms with E-state index in [4.69, 9.17) is 18.9 Å². The first-order chi connectivity index (χ1) is 13.1. The number of carbonyl (C=O) groups is 2. The lowest BCUT2D eigenvalue weighted by Crippen LogP contribution is -2.44. The number of hydrogen-bond acceptors (Lipinski definition) is 6. The van der Waals surface area contributed by atoms with Gasteiger partial charge in [0, 0.05) is 6.07 Å². The first-order valence-electron chi connectivity index (χ1n) is 8.30. The van der Waals surface area contributed by atoms with E-state index in [1.807, 2.05) is 12.1 Å². The molecule has 1 atom stereocenters. The van der Waals surface area contributed by atoms with E-state index in [9.17, 15) is 9.59 Å². The maximum Gasteiger partial charge on any atom is 0.313 e. The third-order valence-corrected chi connectivity index (χ3v) is 3.92. The van der Waals surface area contributed by atoms with Crippen LogP contribution < -0.4 is 29.6 Å². The molecule has 1 aliphatic heterocycles. The molecule has 1 heterocycles. The van der Waals surface area contributed by atoms with Crippen LogP contribution in [0.2, 0.25) is 0 Å². The Morgan fingerprint density at radius 3 is 2.59 bits per heavy atom. The maximum absolute atomic E-state index is 12.1. The average Bonchev–Trinajstić information content (AvgIpc) is 2.72. The monoisotopic (exact) mass is 372 g/mol. The summed E-state index contributed by atoms with van der Waals surface area (Å²) in [6, 6.07) is 12.1. The summed E-state index contributed by atoms with van der Waals surface area (Å²) in [5.74, 6) is 0.630. The molecule has 8 heteroatoms. The molecule has 0 aromatic heterocycles. The predicted molar refractivity (Wildman–Crippen MR) is 97.5 cm³/mol.